The Morgan fingerprint density at radius 1 is 1.23 bits per heavy atom. The quantitative estimate of drug-likeness (QED) is 0.716. The highest BCUT2D eigenvalue weighted by molar-refractivity contribution is 5.76. The second kappa shape index (κ2) is 7.49. The maximum absolute atomic E-state index is 11.9. The molecule has 0 amide bonds. The van der Waals surface area contributed by atoms with Gasteiger partial charge in [0.2, 0.25) is 0 Å². The molecule has 120 valence electrons. The molecule has 6 heteroatoms. The van der Waals surface area contributed by atoms with Gasteiger partial charge in [0.05, 0.1) is 23.8 Å². The fourth-order valence-corrected chi connectivity index (χ4v) is 2.34. The first kappa shape index (κ1) is 16.6. The number of aromatic nitrogens is 2. The molecule has 1 aromatic carbocycles. The van der Waals surface area contributed by atoms with Gasteiger partial charge < -0.3 is 15.5 Å². The number of para-hydroxylation sites is 1. The maximum Gasteiger partial charge on any atom is 0.261 e. The molecule has 0 spiro atoms. The van der Waals surface area contributed by atoms with Crippen LogP contribution in [0.1, 0.15) is 26.2 Å². The van der Waals surface area contributed by atoms with Crippen molar-refractivity contribution in [2.75, 3.05) is 13.1 Å². The number of aliphatic hydroxyl groups is 2. The summed E-state index contributed by atoms with van der Waals surface area (Å²) in [5.41, 5.74) is 0.321. The van der Waals surface area contributed by atoms with Crippen molar-refractivity contribution in [2.24, 2.45) is 0 Å². The van der Waals surface area contributed by atoms with Gasteiger partial charge in [0.15, 0.2) is 5.79 Å². The number of benzene rings is 1. The van der Waals surface area contributed by atoms with Crippen molar-refractivity contribution in [3.05, 3.63) is 40.9 Å². The van der Waals surface area contributed by atoms with Crippen LogP contribution in [0.15, 0.2) is 35.4 Å². The summed E-state index contributed by atoms with van der Waals surface area (Å²) in [7, 11) is 0. The molecule has 1 saturated heterocycles. The standard InChI is InChI=1S/C11H12N2O3.C5H11N/c1-11(15,16)6-13-7-12-9-5-3-2-4-8(9)10(13)14;1-2-4-6-5-3-1/h2-5,7,15-16H,6H2,1H3;6H,1-5H2. The summed E-state index contributed by atoms with van der Waals surface area (Å²) in [5, 5.41) is 22.2. The third-order valence-corrected chi connectivity index (χ3v) is 3.41. The first-order chi connectivity index (χ1) is 10.5. The molecule has 1 aromatic heterocycles. The molecule has 0 atom stereocenters. The minimum Gasteiger partial charge on any atom is -0.364 e. The fraction of sp³-hybridized carbons (Fsp3) is 0.500. The van der Waals surface area contributed by atoms with Crippen LogP contribution in [0.3, 0.4) is 0 Å². The lowest BCUT2D eigenvalue weighted by Crippen LogP contribution is -2.35. The Kier molecular flexibility index (Phi) is 5.65. The molecule has 22 heavy (non-hydrogen) atoms. The Morgan fingerprint density at radius 2 is 1.91 bits per heavy atom. The van der Waals surface area contributed by atoms with Crippen molar-refractivity contribution in [2.45, 2.75) is 38.5 Å². The summed E-state index contributed by atoms with van der Waals surface area (Å²) in [4.78, 5) is 16.0. The van der Waals surface area contributed by atoms with Crippen molar-refractivity contribution in [3.63, 3.8) is 0 Å². The first-order valence-corrected chi connectivity index (χ1v) is 7.57. The summed E-state index contributed by atoms with van der Waals surface area (Å²) < 4.78 is 1.18. The highest BCUT2D eigenvalue weighted by Crippen LogP contribution is 2.06. The Bertz CT molecular complexity index is 646. The molecule has 0 bridgehead atoms. The lowest BCUT2D eigenvalue weighted by molar-refractivity contribution is -0.155. The third kappa shape index (κ3) is 4.91. The number of piperidine rings is 1. The van der Waals surface area contributed by atoms with Gasteiger partial charge in [-0.05, 0) is 45.0 Å². The topological polar surface area (TPSA) is 87.4 Å². The number of hydrogen-bond acceptors (Lipinski definition) is 5. The van der Waals surface area contributed by atoms with Crippen LogP contribution in [-0.2, 0) is 6.54 Å². The van der Waals surface area contributed by atoms with Crippen molar-refractivity contribution < 1.29 is 10.2 Å². The monoisotopic (exact) mass is 305 g/mol. The minimum atomic E-state index is -1.92. The molecule has 0 saturated carbocycles. The molecule has 6 nitrogen and oxygen atoms in total. The SMILES string of the molecule is C1CCNCC1.CC(O)(O)Cn1cnc2ccccc2c1=O. The minimum absolute atomic E-state index is 0.205. The fourth-order valence-electron chi connectivity index (χ4n) is 2.34. The average Bonchev–Trinajstić information content (AvgIpc) is 2.52. The Morgan fingerprint density at radius 3 is 2.45 bits per heavy atom. The van der Waals surface area contributed by atoms with E-state index in [1.54, 1.807) is 24.3 Å². The van der Waals surface area contributed by atoms with E-state index in [0.29, 0.717) is 10.9 Å². The van der Waals surface area contributed by atoms with Crippen molar-refractivity contribution >= 4 is 10.9 Å². The molecule has 2 heterocycles. The van der Waals surface area contributed by atoms with Gasteiger partial charge in [0.1, 0.15) is 0 Å². The highest BCUT2D eigenvalue weighted by Gasteiger charge is 2.17. The molecular weight excluding hydrogens is 282 g/mol. The number of rotatable bonds is 2. The summed E-state index contributed by atoms with van der Waals surface area (Å²) in [6, 6.07) is 6.93. The molecular formula is C16H23N3O3. The number of nitrogens with zero attached hydrogens (tertiary/aromatic N) is 2. The van der Waals surface area contributed by atoms with Gasteiger partial charge in [-0.2, -0.15) is 0 Å². The van der Waals surface area contributed by atoms with Crippen molar-refractivity contribution in [3.8, 4) is 0 Å². The van der Waals surface area contributed by atoms with E-state index in [1.165, 1.54) is 50.2 Å². The van der Waals surface area contributed by atoms with Crippen LogP contribution in [0.5, 0.6) is 0 Å². The molecule has 0 unspecified atom stereocenters. The highest BCUT2D eigenvalue weighted by atomic mass is 16.5. The Labute approximate surface area is 129 Å². The zero-order chi connectivity index (χ0) is 16.0. The predicted molar refractivity (Wildman–Crippen MR) is 85.6 cm³/mol. The van der Waals surface area contributed by atoms with Crippen LogP contribution in [0.4, 0.5) is 0 Å². The van der Waals surface area contributed by atoms with Crippen LogP contribution in [-0.4, -0.2) is 38.6 Å². The van der Waals surface area contributed by atoms with Crippen LogP contribution < -0.4 is 10.9 Å². The summed E-state index contributed by atoms with van der Waals surface area (Å²) in [6.07, 6.45) is 5.53. The normalized spacial score (nSPS) is 15.2. The lowest BCUT2D eigenvalue weighted by atomic mass is 10.2. The Balaban J connectivity index is 0.000000246. The molecule has 1 fully saturated rings. The molecule has 0 aliphatic carbocycles. The van der Waals surface area contributed by atoms with Crippen molar-refractivity contribution in [1.82, 2.24) is 14.9 Å². The second-order valence-corrected chi connectivity index (χ2v) is 5.72. The van der Waals surface area contributed by atoms with Gasteiger partial charge in [-0.3, -0.25) is 9.36 Å². The van der Waals surface area contributed by atoms with Gasteiger partial charge in [-0.15, -0.1) is 0 Å². The maximum atomic E-state index is 11.9. The molecule has 1 aliphatic rings. The van der Waals surface area contributed by atoms with Gasteiger partial charge in [0.25, 0.3) is 5.56 Å². The van der Waals surface area contributed by atoms with Crippen LogP contribution in [0.2, 0.25) is 0 Å². The molecule has 2 aromatic rings. The number of fused-ring (bicyclic) bond motifs is 1. The predicted octanol–water partition coefficient (Wildman–Crippen LogP) is 0.857. The number of nitrogens with one attached hydrogen (secondary N) is 1. The summed E-state index contributed by atoms with van der Waals surface area (Å²) in [5.74, 6) is -1.92. The zero-order valence-electron chi connectivity index (χ0n) is 12.8. The first-order valence-electron chi connectivity index (χ1n) is 7.57. The van der Waals surface area contributed by atoms with E-state index in [4.69, 9.17) is 0 Å². The van der Waals surface area contributed by atoms with E-state index in [0.717, 1.165) is 0 Å². The van der Waals surface area contributed by atoms with Gasteiger partial charge in [-0.1, -0.05) is 18.6 Å². The third-order valence-electron chi connectivity index (χ3n) is 3.41. The van der Waals surface area contributed by atoms with Crippen molar-refractivity contribution in [1.29, 1.82) is 0 Å². The zero-order valence-corrected chi connectivity index (χ0v) is 12.8. The van der Waals surface area contributed by atoms with E-state index in [-0.39, 0.29) is 12.1 Å². The van der Waals surface area contributed by atoms with Crippen LogP contribution >= 0.6 is 0 Å². The second-order valence-electron chi connectivity index (χ2n) is 5.72. The molecule has 3 N–H and O–H groups in total. The van der Waals surface area contributed by atoms with E-state index >= 15 is 0 Å². The number of hydrogen-bond donors (Lipinski definition) is 3. The lowest BCUT2D eigenvalue weighted by Gasteiger charge is -2.16. The van der Waals surface area contributed by atoms with Crippen LogP contribution in [0, 0.1) is 0 Å². The van der Waals surface area contributed by atoms with Gasteiger partial charge in [0, 0.05) is 0 Å². The molecule has 0 radical (unpaired) electrons. The smallest absolute Gasteiger partial charge is 0.261 e. The molecule has 3 rings (SSSR count). The van der Waals surface area contributed by atoms with Gasteiger partial charge in [-0.25, -0.2) is 4.98 Å². The Hall–Kier alpha value is -1.76. The van der Waals surface area contributed by atoms with E-state index < -0.39 is 5.79 Å². The average molecular weight is 305 g/mol. The van der Waals surface area contributed by atoms with E-state index in [2.05, 4.69) is 10.3 Å². The molecule has 1 aliphatic heterocycles. The van der Waals surface area contributed by atoms with Crippen LogP contribution in [0.25, 0.3) is 10.9 Å². The van der Waals surface area contributed by atoms with E-state index in [1.807, 2.05) is 0 Å². The summed E-state index contributed by atoms with van der Waals surface area (Å²) >= 11 is 0. The largest absolute Gasteiger partial charge is 0.364 e. The van der Waals surface area contributed by atoms with Gasteiger partial charge >= 0.3 is 0 Å². The summed E-state index contributed by atoms with van der Waals surface area (Å²) in [6.45, 7) is 3.51. The van der Waals surface area contributed by atoms with E-state index in [9.17, 15) is 15.0 Å².